The van der Waals surface area contributed by atoms with E-state index in [4.69, 9.17) is 23.7 Å². The Bertz CT molecular complexity index is 1510. The van der Waals surface area contributed by atoms with Gasteiger partial charge in [0.1, 0.15) is 24.0 Å². The summed E-state index contributed by atoms with van der Waals surface area (Å²) in [6, 6.07) is -0.949. The van der Waals surface area contributed by atoms with Gasteiger partial charge in [-0.3, -0.25) is 14.4 Å². The highest BCUT2D eigenvalue weighted by atomic mass is 16.7. The first-order valence-electron chi connectivity index (χ1n) is 22.0. The first-order valence-corrected chi connectivity index (χ1v) is 22.0. The number of hydrogen-bond donors (Lipinski definition) is 3. The Morgan fingerprint density at radius 1 is 0.983 bits per heavy atom. The van der Waals surface area contributed by atoms with Crippen LogP contribution in [0.15, 0.2) is 36.0 Å². The maximum absolute atomic E-state index is 14.4. The summed E-state index contributed by atoms with van der Waals surface area (Å²) in [5.41, 5.74) is 1.73. The van der Waals surface area contributed by atoms with Gasteiger partial charge in [0.25, 0.3) is 11.7 Å². The number of carbonyl (C=O) groups is 4. The van der Waals surface area contributed by atoms with Gasteiger partial charge in [-0.05, 0) is 95.5 Å². The Balaban J connectivity index is 1.75. The van der Waals surface area contributed by atoms with Crippen molar-refractivity contribution in [3.63, 3.8) is 0 Å². The zero-order valence-corrected chi connectivity index (χ0v) is 37.2. The van der Waals surface area contributed by atoms with E-state index < -0.39 is 77.8 Å². The van der Waals surface area contributed by atoms with Crippen LogP contribution in [0.4, 0.5) is 0 Å². The molecule has 334 valence electrons. The molecule has 3 aliphatic heterocycles. The van der Waals surface area contributed by atoms with E-state index >= 15 is 0 Å². The van der Waals surface area contributed by atoms with Crippen LogP contribution in [0.3, 0.4) is 0 Å². The molecule has 0 radical (unpaired) electrons. The number of amides is 1. The largest absolute Gasteiger partial charge is 0.456 e. The second-order valence-electron chi connectivity index (χ2n) is 17.9. The Kier molecular flexibility index (Phi) is 18.5. The summed E-state index contributed by atoms with van der Waals surface area (Å²) < 4.78 is 30.2. The number of rotatable bonds is 9. The van der Waals surface area contributed by atoms with Gasteiger partial charge < -0.3 is 44.1 Å². The lowest BCUT2D eigenvalue weighted by Crippen LogP contribution is -2.64. The van der Waals surface area contributed by atoms with Gasteiger partial charge in [0, 0.05) is 64.6 Å². The molecule has 3 fully saturated rings. The molecule has 2 bridgehead atoms. The molecule has 14 atom stereocenters. The van der Waals surface area contributed by atoms with Crippen LogP contribution in [0, 0.1) is 29.6 Å². The summed E-state index contributed by atoms with van der Waals surface area (Å²) in [7, 11) is 4.78. The van der Waals surface area contributed by atoms with Crippen molar-refractivity contribution in [1.29, 1.82) is 0 Å². The first kappa shape index (κ1) is 48.9. The van der Waals surface area contributed by atoms with Crippen LogP contribution in [0.5, 0.6) is 0 Å². The number of allylic oxidation sites excluding steroid dienone is 3. The van der Waals surface area contributed by atoms with E-state index in [1.807, 2.05) is 32.9 Å². The van der Waals surface area contributed by atoms with Crippen LogP contribution in [-0.4, -0.2) is 127 Å². The Hall–Kier alpha value is -2.78. The Morgan fingerprint density at radius 2 is 1.66 bits per heavy atom. The van der Waals surface area contributed by atoms with E-state index in [9.17, 15) is 29.4 Å². The summed E-state index contributed by atoms with van der Waals surface area (Å²) in [6.45, 7) is 15.9. The highest BCUT2D eigenvalue weighted by molar-refractivity contribution is 6.39. The zero-order valence-electron chi connectivity index (χ0n) is 37.2. The molecule has 14 unspecified atom stereocenters. The Morgan fingerprint density at radius 3 is 2.31 bits per heavy atom. The lowest BCUT2D eigenvalue weighted by atomic mass is 9.81. The molecule has 1 aliphatic carbocycles. The minimum Gasteiger partial charge on any atom is -0.456 e. The van der Waals surface area contributed by atoms with E-state index in [2.05, 4.69) is 24.9 Å². The van der Waals surface area contributed by atoms with Gasteiger partial charge in [0.05, 0.1) is 24.4 Å². The molecule has 0 aromatic heterocycles. The average molecular weight is 831 g/mol. The first-order chi connectivity index (χ1) is 28.0. The maximum atomic E-state index is 14.4. The highest BCUT2D eigenvalue weighted by Crippen LogP contribution is 2.39. The average Bonchev–Trinajstić information content (AvgIpc) is 3.22. The maximum Gasteiger partial charge on any atom is 0.329 e. The van der Waals surface area contributed by atoms with Crippen molar-refractivity contribution in [2.75, 3.05) is 34.4 Å². The number of methoxy groups -OCH3 is 3. The third-order valence-corrected chi connectivity index (χ3v) is 13.5. The number of Topliss-reactive ketones (excluding diaryl/α,β-unsaturated/α-hetero) is 2. The molecule has 0 spiro atoms. The lowest BCUT2D eigenvalue weighted by Gasteiger charge is -2.47. The number of esters is 1. The minimum atomic E-state index is -2.49. The standard InChI is InChI=1S/C46H74N2O11/c1-11-18-47-34-17-16-32(25-38(34)55-8)23-29(5)41-31(7)36(49)26-37(50)33(12-2)21-27(3)20-28(4)22-39(56-9)42-40(57-10)24-30(6)46(54,59-42)43(51)44(52)48-19-14-13-15-35(48)45(53)58-41/h11,21,23,28,30-36,38-42,47,49,54H,1,12-20,22,24-26H2,2-10H3. The lowest BCUT2D eigenvalue weighted by molar-refractivity contribution is -0.302. The fourth-order valence-electron chi connectivity index (χ4n) is 9.88. The normalized spacial score (nSPS) is 39.1. The van der Waals surface area contributed by atoms with Crippen LogP contribution in [0.1, 0.15) is 112 Å². The molecule has 3 heterocycles. The van der Waals surface area contributed by atoms with Crippen LogP contribution in [0.2, 0.25) is 0 Å². The van der Waals surface area contributed by atoms with Crippen molar-refractivity contribution in [1.82, 2.24) is 10.2 Å². The third-order valence-electron chi connectivity index (χ3n) is 13.5. The van der Waals surface area contributed by atoms with Gasteiger partial charge in [-0.2, -0.15) is 0 Å². The van der Waals surface area contributed by atoms with Crippen molar-refractivity contribution in [2.24, 2.45) is 29.6 Å². The fourth-order valence-corrected chi connectivity index (χ4v) is 9.88. The van der Waals surface area contributed by atoms with E-state index in [0.717, 1.165) is 30.4 Å². The van der Waals surface area contributed by atoms with Crippen LogP contribution in [-0.2, 0) is 42.9 Å². The van der Waals surface area contributed by atoms with Crippen molar-refractivity contribution in [3.8, 4) is 0 Å². The SMILES string of the molecule is C=CCNC1CCC(C=C(C)C2OC(=O)C3CCCCN3C(=O)C(=O)C3(O)OC(C(OC)CC(C)CC(C)=CC(CC)C(=O)CC(O)C2C)C(OC)CC3C)CC1OC. The summed E-state index contributed by atoms with van der Waals surface area (Å²) in [4.78, 5) is 58.0. The summed E-state index contributed by atoms with van der Waals surface area (Å²) in [5.74, 6) is -7.27. The number of carbonyl (C=O) groups excluding carboxylic acids is 4. The fraction of sp³-hybridized carbons (Fsp3) is 0.783. The molecule has 59 heavy (non-hydrogen) atoms. The number of ketones is 2. The van der Waals surface area contributed by atoms with Gasteiger partial charge in [0.2, 0.25) is 5.79 Å². The number of aliphatic hydroxyl groups is 2. The molecule has 4 aliphatic rings. The second kappa shape index (κ2) is 22.4. The number of cyclic esters (lactones) is 1. The van der Waals surface area contributed by atoms with Crippen molar-refractivity contribution < 1.29 is 53.1 Å². The highest BCUT2D eigenvalue weighted by Gasteiger charge is 2.56. The van der Waals surface area contributed by atoms with E-state index in [0.29, 0.717) is 38.6 Å². The van der Waals surface area contributed by atoms with Gasteiger partial charge in [0.15, 0.2) is 0 Å². The number of ether oxygens (including phenoxy) is 5. The number of nitrogens with zero attached hydrogens (tertiary/aromatic N) is 1. The van der Waals surface area contributed by atoms with E-state index in [1.54, 1.807) is 28.1 Å². The molecule has 4 rings (SSSR count). The van der Waals surface area contributed by atoms with Crippen LogP contribution >= 0.6 is 0 Å². The molecular formula is C46H74N2O11. The third kappa shape index (κ3) is 12.0. The van der Waals surface area contributed by atoms with Crippen LogP contribution in [0.25, 0.3) is 0 Å². The quantitative estimate of drug-likeness (QED) is 0.157. The number of piperidine rings is 1. The molecule has 3 N–H and O–H groups in total. The Labute approximate surface area is 352 Å². The second-order valence-corrected chi connectivity index (χ2v) is 17.9. The van der Waals surface area contributed by atoms with Gasteiger partial charge in [-0.25, -0.2) is 4.79 Å². The van der Waals surface area contributed by atoms with Crippen molar-refractivity contribution >= 4 is 23.4 Å². The zero-order chi connectivity index (χ0) is 43.6. The van der Waals surface area contributed by atoms with Crippen LogP contribution < -0.4 is 5.32 Å². The summed E-state index contributed by atoms with van der Waals surface area (Å²) in [5, 5.41) is 27.3. The molecule has 0 aromatic carbocycles. The topological polar surface area (TPSA) is 170 Å². The summed E-state index contributed by atoms with van der Waals surface area (Å²) >= 11 is 0. The smallest absolute Gasteiger partial charge is 0.329 e. The number of nitrogens with one attached hydrogen (secondary N) is 1. The monoisotopic (exact) mass is 831 g/mol. The van der Waals surface area contributed by atoms with E-state index in [-0.39, 0.29) is 55.6 Å². The molecular weight excluding hydrogens is 757 g/mol. The number of aliphatic hydroxyl groups excluding tert-OH is 1. The molecule has 0 aromatic rings. The predicted octanol–water partition coefficient (Wildman–Crippen LogP) is 5.26. The molecule has 1 saturated carbocycles. The number of fused-ring (bicyclic) bond motifs is 3. The minimum absolute atomic E-state index is 0.0415. The molecule has 2 saturated heterocycles. The van der Waals surface area contributed by atoms with E-state index in [1.165, 1.54) is 12.0 Å². The van der Waals surface area contributed by atoms with Gasteiger partial charge in [-0.15, -0.1) is 6.58 Å². The number of hydrogen-bond acceptors (Lipinski definition) is 12. The van der Waals surface area contributed by atoms with Gasteiger partial charge in [-0.1, -0.05) is 51.5 Å². The van der Waals surface area contributed by atoms with Crippen molar-refractivity contribution in [2.45, 2.75) is 167 Å². The molecule has 13 nitrogen and oxygen atoms in total. The predicted molar refractivity (Wildman–Crippen MR) is 224 cm³/mol. The van der Waals surface area contributed by atoms with Gasteiger partial charge >= 0.3 is 5.97 Å². The molecule has 13 heteroatoms. The summed E-state index contributed by atoms with van der Waals surface area (Å²) in [6.07, 6.45) is 7.37. The molecule has 1 amide bonds. The van der Waals surface area contributed by atoms with Crippen molar-refractivity contribution in [3.05, 3.63) is 36.0 Å².